The summed E-state index contributed by atoms with van der Waals surface area (Å²) < 4.78 is 5.56. The summed E-state index contributed by atoms with van der Waals surface area (Å²) >= 11 is 0. The van der Waals surface area contributed by atoms with E-state index in [0.29, 0.717) is 13.2 Å². The van der Waals surface area contributed by atoms with Crippen LogP contribution in [0.5, 0.6) is 0 Å². The van der Waals surface area contributed by atoms with Gasteiger partial charge in [-0.3, -0.25) is 0 Å². The molecule has 0 bridgehead atoms. The number of carbonyl (C=O) groups is 1. The topological polar surface area (TPSA) is 50.4 Å². The smallest absolute Gasteiger partial charge is 0.319 e. The first kappa shape index (κ1) is 16.5. The van der Waals surface area contributed by atoms with E-state index in [1.165, 1.54) is 12.8 Å². The van der Waals surface area contributed by atoms with E-state index in [-0.39, 0.29) is 6.03 Å². The van der Waals surface area contributed by atoms with Crippen molar-refractivity contribution in [2.75, 3.05) is 25.1 Å². The second-order valence-electron chi connectivity index (χ2n) is 6.16. The molecule has 0 aliphatic heterocycles. The second-order valence-corrected chi connectivity index (χ2v) is 6.16. The standard InChI is InChI=1S/C20H24N2O2/c23-20(21-13-6-14-24-15-16-11-12-16)22-19-10-5-4-9-18(19)17-7-2-1-3-8-17/h1-5,7-10,16H,6,11-15H2,(H2,21,22,23). The molecule has 24 heavy (non-hydrogen) atoms. The Kier molecular flexibility index (Phi) is 5.85. The minimum atomic E-state index is -0.180. The van der Waals surface area contributed by atoms with Crippen LogP contribution in [0, 0.1) is 5.92 Å². The molecule has 0 radical (unpaired) electrons. The van der Waals surface area contributed by atoms with E-state index in [9.17, 15) is 4.79 Å². The van der Waals surface area contributed by atoms with E-state index in [1.54, 1.807) is 0 Å². The van der Waals surface area contributed by atoms with Crippen LogP contribution in [-0.2, 0) is 4.74 Å². The van der Waals surface area contributed by atoms with Crippen LogP contribution in [0.2, 0.25) is 0 Å². The van der Waals surface area contributed by atoms with Crippen molar-refractivity contribution in [3.8, 4) is 11.1 Å². The number of hydrogen-bond donors (Lipinski definition) is 2. The number of nitrogens with one attached hydrogen (secondary N) is 2. The Balaban J connectivity index is 1.45. The molecule has 2 amide bonds. The Morgan fingerprint density at radius 3 is 2.58 bits per heavy atom. The summed E-state index contributed by atoms with van der Waals surface area (Å²) in [6, 6.07) is 17.7. The summed E-state index contributed by atoms with van der Waals surface area (Å²) in [5, 5.41) is 5.82. The van der Waals surface area contributed by atoms with E-state index >= 15 is 0 Å². The summed E-state index contributed by atoms with van der Waals surface area (Å²) in [6.07, 6.45) is 3.45. The quantitative estimate of drug-likeness (QED) is 0.712. The van der Waals surface area contributed by atoms with Crippen molar-refractivity contribution >= 4 is 11.7 Å². The molecule has 1 aliphatic rings. The van der Waals surface area contributed by atoms with Gasteiger partial charge in [0.15, 0.2) is 0 Å². The van der Waals surface area contributed by atoms with Crippen LogP contribution in [0.15, 0.2) is 54.6 Å². The molecule has 0 spiro atoms. The third-order valence-corrected chi connectivity index (χ3v) is 4.06. The molecule has 1 saturated carbocycles. The molecule has 126 valence electrons. The summed E-state index contributed by atoms with van der Waals surface area (Å²) in [5.74, 6) is 0.788. The Morgan fingerprint density at radius 2 is 1.79 bits per heavy atom. The zero-order valence-electron chi connectivity index (χ0n) is 13.8. The largest absolute Gasteiger partial charge is 0.381 e. The fourth-order valence-corrected chi connectivity index (χ4v) is 2.54. The van der Waals surface area contributed by atoms with Gasteiger partial charge in [0.05, 0.1) is 5.69 Å². The third kappa shape index (κ3) is 5.10. The average Bonchev–Trinajstić information content (AvgIpc) is 3.43. The second kappa shape index (κ2) is 8.50. The lowest BCUT2D eigenvalue weighted by Gasteiger charge is -2.12. The van der Waals surface area contributed by atoms with Crippen molar-refractivity contribution in [1.29, 1.82) is 0 Å². The molecule has 0 atom stereocenters. The number of amides is 2. The number of hydrogen-bond acceptors (Lipinski definition) is 2. The molecule has 2 N–H and O–H groups in total. The van der Waals surface area contributed by atoms with Gasteiger partial charge in [-0.05, 0) is 36.8 Å². The molecular formula is C20H24N2O2. The van der Waals surface area contributed by atoms with Gasteiger partial charge < -0.3 is 15.4 Å². The van der Waals surface area contributed by atoms with Gasteiger partial charge in [-0.2, -0.15) is 0 Å². The molecule has 1 fully saturated rings. The maximum Gasteiger partial charge on any atom is 0.319 e. The first-order valence-electron chi connectivity index (χ1n) is 8.60. The Bertz CT molecular complexity index is 654. The van der Waals surface area contributed by atoms with Crippen LogP contribution < -0.4 is 10.6 Å². The molecule has 0 heterocycles. The summed E-state index contributed by atoms with van der Waals surface area (Å²) in [5.41, 5.74) is 2.91. The van der Waals surface area contributed by atoms with E-state index in [4.69, 9.17) is 4.74 Å². The van der Waals surface area contributed by atoms with Crippen LogP contribution in [-0.4, -0.2) is 25.8 Å². The van der Waals surface area contributed by atoms with E-state index in [0.717, 1.165) is 35.8 Å². The first-order chi connectivity index (χ1) is 11.8. The van der Waals surface area contributed by atoms with Crippen molar-refractivity contribution < 1.29 is 9.53 Å². The fraction of sp³-hybridized carbons (Fsp3) is 0.350. The zero-order chi connectivity index (χ0) is 16.6. The average molecular weight is 324 g/mol. The van der Waals surface area contributed by atoms with Gasteiger partial charge in [-0.25, -0.2) is 4.79 Å². The number of benzene rings is 2. The first-order valence-corrected chi connectivity index (χ1v) is 8.60. The van der Waals surface area contributed by atoms with E-state index in [2.05, 4.69) is 10.6 Å². The molecule has 0 unspecified atom stereocenters. The molecule has 4 nitrogen and oxygen atoms in total. The summed E-state index contributed by atoms with van der Waals surface area (Å²) in [4.78, 5) is 12.1. The number of urea groups is 1. The van der Waals surface area contributed by atoms with Crippen molar-refractivity contribution in [1.82, 2.24) is 5.32 Å². The minimum Gasteiger partial charge on any atom is -0.381 e. The van der Waals surface area contributed by atoms with Gasteiger partial charge in [-0.15, -0.1) is 0 Å². The number of para-hydroxylation sites is 1. The maximum atomic E-state index is 12.1. The number of anilines is 1. The Labute approximate surface area is 143 Å². The molecule has 2 aromatic rings. The fourth-order valence-electron chi connectivity index (χ4n) is 2.54. The zero-order valence-corrected chi connectivity index (χ0v) is 13.8. The molecule has 2 aromatic carbocycles. The molecule has 4 heteroatoms. The van der Waals surface area contributed by atoms with Crippen molar-refractivity contribution in [3.05, 3.63) is 54.6 Å². The van der Waals surface area contributed by atoms with Crippen LogP contribution in [0.4, 0.5) is 10.5 Å². The van der Waals surface area contributed by atoms with E-state index in [1.807, 2.05) is 54.6 Å². The molecule has 0 saturated heterocycles. The highest BCUT2D eigenvalue weighted by atomic mass is 16.5. The van der Waals surface area contributed by atoms with Crippen LogP contribution in [0.25, 0.3) is 11.1 Å². The lowest BCUT2D eigenvalue weighted by atomic mass is 10.0. The monoisotopic (exact) mass is 324 g/mol. The van der Waals surface area contributed by atoms with Gasteiger partial charge in [0.2, 0.25) is 0 Å². The van der Waals surface area contributed by atoms with Gasteiger partial charge in [0.1, 0.15) is 0 Å². The van der Waals surface area contributed by atoms with Crippen LogP contribution >= 0.6 is 0 Å². The predicted molar refractivity (Wildman–Crippen MR) is 97.1 cm³/mol. The van der Waals surface area contributed by atoms with E-state index < -0.39 is 0 Å². The van der Waals surface area contributed by atoms with Gasteiger partial charge in [-0.1, -0.05) is 48.5 Å². The molecule has 0 aromatic heterocycles. The van der Waals surface area contributed by atoms with Crippen LogP contribution in [0.1, 0.15) is 19.3 Å². The van der Waals surface area contributed by atoms with Crippen molar-refractivity contribution in [3.63, 3.8) is 0 Å². The highest BCUT2D eigenvalue weighted by Crippen LogP contribution is 2.29. The van der Waals surface area contributed by atoms with Gasteiger partial charge >= 0.3 is 6.03 Å². The highest BCUT2D eigenvalue weighted by molar-refractivity contribution is 5.94. The van der Waals surface area contributed by atoms with Gasteiger partial charge in [0.25, 0.3) is 0 Å². The number of ether oxygens (including phenoxy) is 1. The highest BCUT2D eigenvalue weighted by Gasteiger charge is 2.20. The molecule has 3 rings (SSSR count). The number of carbonyl (C=O) groups excluding carboxylic acids is 1. The predicted octanol–water partition coefficient (Wildman–Crippen LogP) is 4.29. The summed E-state index contributed by atoms with van der Waals surface area (Å²) in [6.45, 7) is 2.19. The van der Waals surface area contributed by atoms with Crippen LogP contribution in [0.3, 0.4) is 0 Å². The van der Waals surface area contributed by atoms with Crippen molar-refractivity contribution in [2.45, 2.75) is 19.3 Å². The van der Waals surface area contributed by atoms with Crippen molar-refractivity contribution in [2.24, 2.45) is 5.92 Å². The molecule has 1 aliphatic carbocycles. The lowest BCUT2D eigenvalue weighted by molar-refractivity contribution is 0.122. The molecular weight excluding hydrogens is 300 g/mol. The Hall–Kier alpha value is -2.33. The maximum absolute atomic E-state index is 12.1. The number of rotatable bonds is 8. The SMILES string of the molecule is O=C(NCCCOCC1CC1)Nc1ccccc1-c1ccccc1. The minimum absolute atomic E-state index is 0.180. The third-order valence-electron chi connectivity index (χ3n) is 4.06. The van der Waals surface area contributed by atoms with Gasteiger partial charge in [0, 0.05) is 25.3 Å². The summed E-state index contributed by atoms with van der Waals surface area (Å²) in [7, 11) is 0. The normalized spacial score (nSPS) is 13.5. The Morgan fingerprint density at radius 1 is 1.04 bits per heavy atom. The lowest BCUT2D eigenvalue weighted by Crippen LogP contribution is -2.30.